The summed E-state index contributed by atoms with van der Waals surface area (Å²) in [6.45, 7) is 6.18. The number of halogens is 1. The molecule has 0 saturated heterocycles. The van der Waals surface area contributed by atoms with Crippen LogP contribution in [-0.4, -0.2) is 6.54 Å². The summed E-state index contributed by atoms with van der Waals surface area (Å²) in [7, 11) is 0. The largest absolute Gasteiger partial charge is 0.486 e. The summed E-state index contributed by atoms with van der Waals surface area (Å²) < 4.78 is 24.4. The monoisotopic (exact) mass is 277 g/mol. The molecule has 0 aliphatic heterocycles. The number of ether oxygens (including phenoxy) is 1. The van der Waals surface area contributed by atoms with Gasteiger partial charge in [-0.25, -0.2) is 4.39 Å². The highest BCUT2D eigenvalue weighted by molar-refractivity contribution is 5.25. The van der Waals surface area contributed by atoms with Crippen LogP contribution in [0.25, 0.3) is 0 Å². The van der Waals surface area contributed by atoms with E-state index in [9.17, 15) is 4.39 Å². The van der Waals surface area contributed by atoms with E-state index in [2.05, 4.69) is 19.2 Å². The van der Waals surface area contributed by atoms with E-state index in [1.54, 1.807) is 24.5 Å². The number of rotatable bonds is 7. The van der Waals surface area contributed by atoms with E-state index in [0.717, 1.165) is 17.9 Å². The molecular weight excluding hydrogens is 257 g/mol. The Bertz CT molecular complexity index is 537. The van der Waals surface area contributed by atoms with Gasteiger partial charge in [0.1, 0.15) is 12.4 Å². The highest BCUT2D eigenvalue weighted by atomic mass is 19.1. The van der Waals surface area contributed by atoms with Crippen molar-refractivity contribution < 1.29 is 13.5 Å². The molecule has 20 heavy (non-hydrogen) atoms. The average molecular weight is 277 g/mol. The number of furan rings is 1. The van der Waals surface area contributed by atoms with Gasteiger partial charge in [0, 0.05) is 5.56 Å². The van der Waals surface area contributed by atoms with Gasteiger partial charge in [0.15, 0.2) is 11.6 Å². The predicted molar refractivity (Wildman–Crippen MR) is 76.0 cm³/mol. The lowest BCUT2D eigenvalue weighted by Gasteiger charge is -2.09. The molecule has 0 spiro atoms. The van der Waals surface area contributed by atoms with E-state index >= 15 is 0 Å². The SMILES string of the molecule is CC(C)CNCc1occc1COc1ccccc1F. The average Bonchev–Trinajstić information content (AvgIpc) is 2.85. The molecular formula is C16H20FNO2. The van der Waals surface area contributed by atoms with Crippen molar-refractivity contribution in [2.24, 2.45) is 5.92 Å². The van der Waals surface area contributed by atoms with Crippen LogP contribution in [0, 0.1) is 11.7 Å². The molecule has 0 unspecified atom stereocenters. The number of hydrogen-bond donors (Lipinski definition) is 1. The summed E-state index contributed by atoms with van der Waals surface area (Å²) in [5.41, 5.74) is 0.935. The molecule has 0 atom stereocenters. The van der Waals surface area contributed by atoms with Crippen molar-refractivity contribution in [2.75, 3.05) is 6.54 Å². The van der Waals surface area contributed by atoms with Crippen molar-refractivity contribution in [3.05, 3.63) is 53.7 Å². The Kier molecular flexibility index (Phi) is 5.18. The highest BCUT2D eigenvalue weighted by Gasteiger charge is 2.08. The molecule has 2 aromatic rings. The second-order valence-corrected chi connectivity index (χ2v) is 5.11. The Morgan fingerprint density at radius 3 is 2.80 bits per heavy atom. The summed E-state index contributed by atoms with van der Waals surface area (Å²) in [5.74, 6) is 1.33. The van der Waals surface area contributed by atoms with Crippen LogP contribution in [0.4, 0.5) is 4.39 Å². The minimum atomic E-state index is -0.351. The third kappa shape index (κ3) is 4.10. The second-order valence-electron chi connectivity index (χ2n) is 5.11. The molecule has 1 heterocycles. The van der Waals surface area contributed by atoms with Crippen molar-refractivity contribution in [2.45, 2.75) is 27.0 Å². The molecule has 0 aliphatic rings. The minimum absolute atomic E-state index is 0.259. The lowest BCUT2D eigenvalue weighted by atomic mass is 10.2. The number of nitrogens with one attached hydrogen (secondary N) is 1. The molecule has 0 aliphatic carbocycles. The van der Waals surface area contributed by atoms with E-state index in [1.807, 2.05) is 6.07 Å². The van der Waals surface area contributed by atoms with Crippen LogP contribution in [0.5, 0.6) is 5.75 Å². The first-order chi connectivity index (χ1) is 9.66. The summed E-state index contributed by atoms with van der Waals surface area (Å²) in [6.07, 6.45) is 1.63. The van der Waals surface area contributed by atoms with Gasteiger partial charge in [0.25, 0.3) is 0 Å². The van der Waals surface area contributed by atoms with Gasteiger partial charge >= 0.3 is 0 Å². The Labute approximate surface area is 118 Å². The van der Waals surface area contributed by atoms with Gasteiger partial charge in [-0.05, 0) is 30.7 Å². The van der Waals surface area contributed by atoms with E-state index in [0.29, 0.717) is 19.1 Å². The zero-order chi connectivity index (χ0) is 14.4. The molecule has 4 heteroatoms. The Balaban J connectivity index is 1.90. The fraction of sp³-hybridized carbons (Fsp3) is 0.375. The topological polar surface area (TPSA) is 34.4 Å². The number of hydrogen-bond acceptors (Lipinski definition) is 3. The van der Waals surface area contributed by atoms with Crippen LogP contribution in [0.15, 0.2) is 41.0 Å². The maximum Gasteiger partial charge on any atom is 0.165 e. The van der Waals surface area contributed by atoms with Crippen molar-refractivity contribution in [3.8, 4) is 5.75 Å². The van der Waals surface area contributed by atoms with Crippen LogP contribution < -0.4 is 10.1 Å². The van der Waals surface area contributed by atoms with Crippen LogP contribution in [0.1, 0.15) is 25.2 Å². The minimum Gasteiger partial charge on any atom is -0.486 e. The second kappa shape index (κ2) is 7.10. The van der Waals surface area contributed by atoms with Crippen LogP contribution >= 0.6 is 0 Å². The number of para-hydroxylation sites is 1. The molecule has 0 amide bonds. The van der Waals surface area contributed by atoms with E-state index in [4.69, 9.17) is 9.15 Å². The van der Waals surface area contributed by atoms with Gasteiger partial charge in [-0.2, -0.15) is 0 Å². The van der Waals surface area contributed by atoms with Gasteiger partial charge in [0.05, 0.1) is 12.8 Å². The van der Waals surface area contributed by atoms with Crippen LogP contribution in [0.3, 0.4) is 0 Å². The number of benzene rings is 1. The van der Waals surface area contributed by atoms with Crippen molar-refractivity contribution >= 4 is 0 Å². The predicted octanol–water partition coefficient (Wildman–Crippen LogP) is 3.74. The third-order valence-electron chi connectivity index (χ3n) is 2.90. The fourth-order valence-corrected chi connectivity index (χ4v) is 1.84. The Morgan fingerprint density at radius 1 is 1.25 bits per heavy atom. The van der Waals surface area contributed by atoms with E-state index in [-0.39, 0.29) is 11.6 Å². The zero-order valence-electron chi connectivity index (χ0n) is 11.9. The van der Waals surface area contributed by atoms with Crippen molar-refractivity contribution in [3.63, 3.8) is 0 Å². The van der Waals surface area contributed by atoms with E-state index < -0.39 is 0 Å². The molecule has 0 radical (unpaired) electrons. The Morgan fingerprint density at radius 2 is 2.05 bits per heavy atom. The van der Waals surface area contributed by atoms with Crippen molar-refractivity contribution in [1.29, 1.82) is 0 Å². The zero-order valence-corrected chi connectivity index (χ0v) is 11.9. The lowest BCUT2D eigenvalue weighted by Crippen LogP contribution is -2.19. The van der Waals surface area contributed by atoms with Crippen LogP contribution in [-0.2, 0) is 13.2 Å². The van der Waals surface area contributed by atoms with Gasteiger partial charge in [-0.3, -0.25) is 0 Å². The van der Waals surface area contributed by atoms with Gasteiger partial charge in [-0.15, -0.1) is 0 Å². The molecule has 0 bridgehead atoms. The molecule has 2 rings (SSSR count). The first kappa shape index (κ1) is 14.6. The summed E-state index contributed by atoms with van der Waals surface area (Å²) in [6, 6.07) is 8.25. The van der Waals surface area contributed by atoms with Crippen molar-refractivity contribution in [1.82, 2.24) is 5.32 Å². The van der Waals surface area contributed by atoms with Gasteiger partial charge in [0.2, 0.25) is 0 Å². The summed E-state index contributed by atoms with van der Waals surface area (Å²) in [5, 5.41) is 3.31. The molecule has 1 aromatic heterocycles. The molecule has 3 nitrogen and oxygen atoms in total. The maximum atomic E-state index is 13.4. The first-order valence-electron chi connectivity index (χ1n) is 6.80. The summed E-state index contributed by atoms with van der Waals surface area (Å²) >= 11 is 0. The third-order valence-corrected chi connectivity index (χ3v) is 2.90. The molecule has 1 aromatic carbocycles. The highest BCUT2D eigenvalue weighted by Crippen LogP contribution is 2.19. The smallest absolute Gasteiger partial charge is 0.165 e. The Hall–Kier alpha value is -1.81. The fourth-order valence-electron chi connectivity index (χ4n) is 1.84. The standard InChI is InChI=1S/C16H20FNO2/c1-12(2)9-18-10-16-13(7-8-19-16)11-20-15-6-4-3-5-14(15)17/h3-8,12,18H,9-11H2,1-2H3. The van der Waals surface area contributed by atoms with Gasteiger partial charge in [-0.1, -0.05) is 26.0 Å². The lowest BCUT2D eigenvalue weighted by molar-refractivity contribution is 0.286. The molecule has 0 fully saturated rings. The quantitative estimate of drug-likeness (QED) is 0.837. The molecule has 0 saturated carbocycles. The van der Waals surface area contributed by atoms with Gasteiger partial charge < -0.3 is 14.5 Å². The maximum absolute atomic E-state index is 13.4. The summed E-state index contributed by atoms with van der Waals surface area (Å²) in [4.78, 5) is 0. The molecule has 108 valence electrons. The van der Waals surface area contributed by atoms with E-state index in [1.165, 1.54) is 6.07 Å². The molecule has 1 N–H and O–H groups in total. The normalized spacial score (nSPS) is 11.0. The first-order valence-corrected chi connectivity index (χ1v) is 6.80. The van der Waals surface area contributed by atoms with Crippen LogP contribution in [0.2, 0.25) is 0 Å².